The smallest absolute Gasteiger partial charge is 0.221 e. The van der Waals surface area contributed by atoms with Crippen LogP contribution in [0.3, 0.4) is 0 Å². The number of rotatable bonds is 31. The number of hydrogen-bond acceptors (Lipinski definition) is 10. The van der Waals surface area contributed by atoms with Gasteiger partial charge in [0.2, 0.25) is 23.6 Å². The lowest BCUT2D eigenvalue weighted by molar-refractivity contribution is -0.123. The molecule has 0 radical (unpaired) electrons. The normalized spacial score (nSPS) is 10.1. The van der Waals surface area contributed by atoms with Gasteiger partial charge in [-0.2, -0.15) is 0 Å². The van der Waals surface area contributed by atoms with Crippen LogP contribution in [0.5, 0.6) is 0 Å². The molecule has 0 heterocycles. The molecule has 4 amide bonds. The van der Waals surface area contributed by atoms with Crippen molar-refractivity contribution >= 4 is 23.6 Å². The van der Waals surface area contributed by atoms with Gasteiger partial charge in [-0.1, -0.05) is 20.5 Å². The second-order valence-corrected chi connectivity index (χ2v) is 10.3. The topological polar surface area (TPSA) is 318 Å². The van der Waals surface area contributed by atoms with Crippen molar-refractivity contribution in [1.82, 2.24) is 31.1 Å². The molecule has 22 nitrogen and oxygen atoms in total. The van der Waals surface area contributed by atoms with Gasteiger partial charge in [-0.05, 0) is 47.8 Å². The van der Waals surface area contributed by atoms with Gasteiger partial charge in [0.15, 0.2) is 0 Å². The monoisotopic (exact) mass is 676 g/mol. The second kappa shape index (κ2) is 32.0. The summed E-state index contributed by atoms with van der Waals surface area (Å²) in [6.07, 6.45) is 2.73. The van der Waals surface area contributed by atoms with E-state index in [0.717, 1.165) is 0 Å². The first-order chi connectivity index (χ1) is 23.4. The van der Waals surface area contributed by atoms with Gasteiger partial charge in [0.05, 0.1) is 0 Å². The van der Waals surface area contributed by atoms with Crippen molar-refractivity contribution in [3.05, 3.63) is 41.8 Å². The lowest BCUT2D eigenvalue weighted by atomic mass is 10.2. The van der Waals surface area contributed by atoms with Crippen LogP contribution in [0.2, 0.25) is 0 Å². The minimum Gasteiger partial charge on any atom is -0.356 e. The third kappa shape index (κ3) is 28.5. The Kier molecular flexibility index (Phi) is 28.7. The molecule has 0 fully saturated rings. The second-order valence-electron chi connectivity index (χ2n) is 10.3. The lowest BCUT2D eigenvalue weighted by Crippen LogP contribution is -2.41. The maximum atomic E-state index is 12.4. The summed E-state index contributed by atoms with van der Waals surface area (Å²) in [7, 11) is 0. The highest BCUT2D eigenvalue weighted by atomic mass is 16.2. The molecular formula is C26H48N18O4. The van der Waals surface area contributed by atoms with Gasteiger partial charge in [-0.25, -0.2) is 0 Å². The molecule has 22 heteroatoms. The quantitative estimate of drug-likeness (QED) is 0.0369. The van der Waals surface area contributed by atoms with Crippen LogP contribution in [0, 0.1) is 0 Å². The molecule has 0 aromatic carbocycles. The van der Waals surface area contributed by atoms with Crippen molar-refractivity contribution in [2.75, 3.05) is 91.6 Å². The molecule has 0 aromatic heterocycles. The molecule has 0 rings (SSSR count). The summed E-state index contributed by atoms with van der Waals surface area (Å²) < 4.78 is 0. The summed E-state index contributed by atoms with van der Waals surface area (Å²) in [5.74, 6) is -0.742. The molecule has 266 valence electrons. The van der Waals surface area contributed by atoms with Crippen molar-refractivity contribution in [2.45, 2.75) is 51.4 Å². The standard InChI is InChI=1S/C26H48N18O4/c27-39-35-13-1-9-31-23(45)5-17-43(18-6-24(46)32-10-2-14-36-40-28)21-22-44(19-7-25(47)33-11-3-15-37-41-29)20-8-26(48)34-12-4-16-38-42-30/h1-22H2,(H,31,45)(H,32,46)(H,33,47)(H,34,48). The summed E-state index contributed by atoms with van der Waals surface area (Å²) in [5, 5.41) is 24.9. The Morgan fingerprint density at radius 3 is 0.854 bits per heavy atom. The van der Waals surface area contributed by atoms with Crippen molar-refractivity contribution in [1.29, 1.82) is 0 Å². The Morgan fingerprint density at radius 2 is 0.646 bits per heavy atom. The third-order valence-electron chi connectivity index (χ3n) is 6.63. The predicted molar refractivity (Wildman–Crippen MR) is 178 cm³/mol. The molecule has 0 aliphatic carbocycles. The lowest BCUT2D eigenvalue weighted by Gasteiger charge is -2.27. The highest BCUT2D eigenvalue weighted by molar-refractivity contribution is 5.77. The van der Waals surface area contributed by atoms with Crippen LogP contribution in [-0.4, -0.2) is 125 Å². The van der Waals surface area contributed by atoms with Crippen molar-refractivity contribution in [3.8, 4) is 0 Å². The van der Waals surface area contributed by atoms with E-state index in [2.05, 4.69) is 61.4 Å². The van der Waals surface area contributed by atoms with Gasteiger partial charge < -0.3 is 31.1 Å². The Labute approximate surface area is 279 Å². The summed E-state index contributed by atoms with van der Waals surface area (Å²) in [5.41, 5.74) is 33.5. The van der Waals surface area contributed by atoms with Crippen LogP contribution in [0.1, 0.15) is 51.4 Å². The molecule has 0 aliphatic rings. The molecule has 48 heavy (non-hydrogen) atoms. The fourth-order valence-corrected chi connectivity index (χ4v) is 4.04. The first-order valence-electron chi connectivity index (χ1n) is 15.9. The maximum absolute atomic E-state index is 12.4. The van der Waals surface area contributed by atoms with Gasteiger partial charge in [-0.3, -0.25) is 19.2 Å². The SMILES string of the molecule is [N-]=[N+]=NCCCNC(=O)CCN(CCC(=O)NCCCN=[N+]=[N-])CCN(CCC(=O)NCCCN=[N+]=[N-])CCC(=O)NCCCN=[N+]=[N-]. The largest absolute Gasteiger partial charge is 0.356 e. The fourth-order valence-electron chi connectivity index (χ4n) is 4.04. The Morgan fingerprint density at radius 1 is 0.417 bits per heavy atom. The van der Waals surface area contributed by atoms with Gasteiger partial charge in [0.25, 0.3) is 0 Å². The molecular weight excluding hydrogens is 628 g/mol. The van der Waals surface area contributed by atoms with E-state index in [1.54, 1.807) is 0 Å². The van der Waals surface area contributed by atoms with Crippen molar-refractivity contribution in [3.63, 3.8) is 0 Å². The zero-order chi connectivity index (χ0) is 35.5. The number of amides is 4. The van der Waals surface area contributed by atoms with E-state index < -0.39 is 0 Å². The third-order valence-corrected chi connectivity index (χ3v) is 6.63. The van der Waals surface area contributed by atoms with E-state index in [1.165, 1.54) is 0 Å². The van der Waals surface area contributed by atoms with Crippen LogP contribution in [0.15, 0.2) is 20.5 Å². The Hall–Kier alpha value is -4.96. The van der Waals surface area contributed by atoms with Crippen molar-refractivity contribution < 1.29 is 19.2 Å². The van der Waals surface area contributed by atoms with E-state index in [1.807, 2.05) is 9.80 Å². The summed E-state index contributed by atoms with van der Waals surface area (Å²) in [6.45, 7) is 4.91. The zero-order valence-electron chi connectivity index (χ0n) is 27.5. The first-order valence-corrected chi connectivity index (χ1v) is 15.9. The minimum atomic E-state index is -0.186. The molecule has 0 aliphatic heterocycles. The van der Waals surface area contributed by atoms with E-state index in [4.69, 9.17) is 22.1 Å². The van der Waals surface area contributed by atoms with Crippen molar-refractivity contribution in [2.24, 2.45) is 20.5 Å². The number of azide groups is 4. The molecule has 4 N–H and O–H groups in total. The van der Waals surface area contributed by atoms with E-state index in [-0.39, 0.29) is 75.5 Å². The Bertz CT molecular complexity index is 972. The number of nitrogens with zero attached hydrogens (tertiary/aromatic N) is 14. The summed E-state index contributed by atoms with van der Waals surface area (Å²) >= 11 is 0. The summed E-state index contributed by atoms with van der Waals surface area (Å²) in [4.78, 5) is 64.4. The van der Waals surface area contributed by atoms with Crippen LogP contribution in [0.25, 0.3) is 41.8 Å². The van der Waals surface area contributed by atoms with Gasteiger partial charge in [0.1, 0.15) is 0 Å². The summed E-state index contributed by atoms with van der Waals surface area (Å²) in [6, 6.07) is 0. The highest BCUT2D eigenvalue weighted by Gasteiger charge is 2.15. The fraction of sp³-hybridized carbons (Fsp3) is 0.846. The van der Waals surface area contributed by atoms with Gasteiger partial charge >= 0.3 is 0 Å². The molecule has 0 atom stereocenters. The van der Waals surface area contributed by atoms with Crippen LogP contribution < -0.4 is 21.3 Å². The number of carbonyl (C=O) groups excluding carboxylic acids is 4. The first kappa shape index (κ1) is 43.0. The number of nitrogens with one attached hydrogen (secondary N) is 4. The molecule has 0 bridgehead atoms. The van der Waals surface area contributed by atoms with E-state index >= 15 is 0 Å². The average Bonchev–Trinajstić information content (AvgIpc) is 3.08. The Balaban J connectivity index is 5.25. The minimum absolute atomic E-state index is 0.172. The number of carbonyl (C=O) groups is 4. The molecule has 0 aromatic rings. The van der Waals surface area contributed by atoms with Gasteiger partial charge in [-0.15, -0.1) is 0 Å². The average molecular weight is 677 g/mol. The zero-order valence-corrected chi connectivity index (χ0v) is 27.5. The number of hydrogen-bond donors (Lipinski definition) is 4. The molecule has 0 saturated heterocycles. The highest BCUT2D eigenvalue weighted by Crippen LogP contribution is 2.01. The van der Waals surface area contributed by atoms with Crippen LogP contribution in [-0.2, 0) is 19.2 Å². The predicted octanol–water partition coefficient (Wildman–Crippen LogP) is 2.42. The maximum Gasteiger partial charge on any atom is 0.221 e. The molecule has 0 spiro atoms. The molecule has 0 unspecified atom stereocenters. The van der Waals surface area contributed by atoms with E-state index in [0.29, 0.717) is 91.1 Å². The van der Waals surface area contributed by atoms with Crippen LogP contribution in [0.4, 0.5) is 0 Å². The van der Waals surface area contributed by atoms with E-state index in [9.17, 15) is 19.2 Å². The van der Waals surface area contributed by atoms with Crippen LogP contribution >= 0.6 is 0 Å². The van der Waals surface area contributed by atoms with Gasteiger partial charge in [0, 0.05) is 137 Å². The molecule has 0 saturated carbocycles.